The van der Waals surface area contributed by atoms with Crippen LogP contribution in [0.5, 0.6) is 0 Å². The molecular weight excluding hydrogens is 258 g/mol. The molecule has 21 heavy (non-hydrogen) atoms. The van der Waals surface area contributed by atoms with E-state index in [9.17, 15) is 0 Å². The molecule has 0 heterocycles. The zero-order valence-electron chi connectivity index (χ0n) is 14.2. The van der Waals surface area contributed by atoms with Crippen LogP contribution < -0.4 is 5.32 Å². The van der Waals surface area contributed by atoms with Crippen LogP contribution in [0.1, 0.15) is 30.4 Å². The van der Waals surface area contributed by atoms with Gasteiger partial charge in [-0.2, -0.15) is 0 Å². The molecule has 0 radical (unpaired) electrons. The highest BCUT2D eigenvalue weighted by Gasteiger charge is 2.39. The Morgan fingerprint density at radius 3 is 2.29 bits per heavy atom. The lowest BCUT2D eigenvalue weighted by Gasteiger charge is -2.49. The maximum absolute atomic E-state index is 3.25. The SMILES string of the molecule is CNCCc1ccccc1CN(C)CC1(N(C)C)CCC1. The minimum absolute atomic E-state index is 0.411. The van der Waals surface area contributed by atoms with Crippen LogP contribution in [0.25, 0.3) is 0 Å². The van der Waals surface area contributed by atoms with Gasteiger partial charge < -0.3 is 15.1 Å². The summed E-state index contributed by atoms with van der Waals surface area (Å²) < 4.78 is 0. The van der Waals surface area contributed by atoms with E-state index in [4.69, 9.17) is 0 Å². The maximum atomic E-state index is 3.25. The number of hydrogen-bond donors (Lipinski definition) is 1. The van der Waals surface area contributed by atoms with E-state index < -0.39 is 0 Å². The van der Waals surface area contributed by atoms with Crippen molar-refractivity contribution in [2.45, 2.75) is 37.8 Å². The molecule has 0 spiro atoms. The van der Waals surface area contributed by atoms with E-state index in [0.29, 0.717) is 5.54 Å². The fourth-order valence-electron chi connectivity index (χ4n) is 3.40. The molecule has 118 valence electrons. The number of rotatable bonds is 8. The van der Waals surface area contributed by atoms with Crippen LogP contribution in [-0.4, -0.2) is 56.6 Å². The van der Waals surface area contributed by atoms with Gasteiger partial charge in [0, 0.05) is 18.6 Å². The molecule has 3 nitrogen and oxygen atoms in total. The van der Waals surface area contributed by atoms with Crippen molar-refractivity contribution in [2.75, 3.05) is 41.3 Å². The molecule has 0 bridgehead atoms. The second kappa shape index (κ2) is 7.39. The van der Waals surface area contributed by atoms with Crippen LogP contribution in [0, 0.1) is 0 Å². The van der Waals surface area contributed by atoms with Gasteiger partial charge in [0.25, 0.3) is 0 Å². The highest BCUT2D eigenvalue weighted by molar-refractivity contribution is 5.27. The van der Waals surface area contributed by atoms with Crippen molar-refractivity contribution >= 4 is 0 Å². The fraction of sp³-hybridized carbons (Fsp3) is 0.667. The largest absolute Gasteiger partial charge is 0.319 e. The molecule has 1 aliphatic rings. The number of nitrogens with zero attached hydrogens (tertiary/aromatic N) is 2. The van der Waals surface area contributed by atoms with Crippen LogP contribution >= 0.6 is 0 Å². The Balaban J connectivity index is 1.97. The van der Waals surface area contributed by atoms with Crippen LogP contribution in [0.15, 0.2) is 24.3 Å². The molecule has 0 unspecified atom stereocenters. The molecule has 0 aliphatic heterocycles. The van der Waals surface area contributed by atoms with E-state index in [0.717, 1.165) is 19.5 Å². The third-order valence-corrected chi connectivity index (χ3v) is 5.00. The summed E-state index contributed by atoms with van der Waals surface area (Å²) in [6.07, 6.45) is 5.17. The minimum atomic E-state index is 0.411. The third kappa shape index (κ3) is 4.06. The predicted octanol–water partition coefficient (Wildman–Crippen LogP) is 2.36. The maximum Gasteiger partial charge on any atom is 0.0330 e. The van der Waals surface area contributed by atoms with Gasteiger partial charge in [0.05, 0.1) is 0 Å². The Hall–Kier alpha value is -0.900. The molecule has 0 atom stereocenters. The first kappa shape index (κ1) is 16.5. The predicted molar refractivity (Wildman–Crippen MR) is 90.7 cm³/mol. The number of nitrogens with one attached hydrogen (secondary N) is 1. The van der Waals surface area contributed by atoms with Crippen LogP contribution in [0.2, 0.25) is 0 Å². The summed E-state index contributed by atoms with van der Waals surface area (Å²) in [7, 11) is 8.74. The first-order valence-electron chi connectivity index (χ1n) is 8.15. The molecule has 1 fully saturated rings. The Labute approximate surface area is 130 Å². The molecule has 1 aromatic carbocycles. The summed E-state index contributed by atoms with van der Waals surface area (Å²) in [5.41, 5.74) is 3.36. The van der Waals surface area contributed by atoms with E-state index in [1.165, 1.54) is 36.9 Å². The standard InChI is InChI=1S/C18H31N3/c1-19-13-10-16-8-5-6-9-17(16)14-21(4)15-18(20(2)3)11-7-12-18/h5-6,8-9,19H,7,10-15H2,1-4H3. The van der Waals surface area contributed by atoms with Crippen molar-refractivity contribution in [1.29, 1.82) is 0 Å². The Morgan fingerprint density at radius 2 is 1.76 bits per heavy atom. The highest BCUT2D eigenvalue weighted by atomic mass is 15.2. The van der Waals surface area contributed by atoms with E-state index in [1.54, 1.807) is 0 Å². The van der Waals surface area contributed by atoms with Gasteiger partial charge in [0.1, 0.15) is 0 Å². The summed E-state index contributed by atoms with van der Waals surface area (Å²) in [4.78, 5) is 4.93. The van der Waals surface area contributed by atoms with Crippen LogP contribution in [0.4, 0.5) is 0 Å². The van der Waals surface area contributed by atoms with E-state index in [-0.39, 0.29) is 0 Å². The molecule has 1 saturated carbocycles. The first-order chi connectivity index (χ1) is 10.1. The number of hydrogen-bond acceptors (Lipinski definition) is 3. The van der Waals surface area contributed by atoms with Gasteiger partial charge in [-0.15, -0.1) is 0 Å². The highest BCUT2D eigenvalue weighted by Crippen LogP contribution is 2.36. The molecule has 0 saturated heterocycles. The molecule has 2 rings (SSSR count). The van der Waals surface area contributed by atoms with Crippen molar-refractivity contribution in [2.24, 2.45) is 0 Å². The topological polar surface area (TPSA) is 18.5 Å². The fourth-order valence-corrected chi connectivity index (χ4v) is 3.40. The summed E-state index contributed by atoms with van der Waals surface area (Å²) >= 11 is 0. The van der Waals surface area contributed by atoms with Gasteiger partial charge in [-0.25, -0.2) is 0 Å². The summed E-state index contributed by atoms with van der Waals surface area (Å²) in [5, 5.41) is 3.25. The molecule has 3 heteroatoms. The Kier molecular flexibility index (Phi) is 5.80. The van der Waals surface area contributed by atoms with E-state index in [1.807, 2.05) is 7.05 Å². The molecule has 1 aliphatic carbocycles. The van der Waals surface area contributed by atoms with Gasteiger partial charge in [-0.3, -0.25) is 0 Å². The Morgan fingerprint density at radius 1 is 1.10 bits per heavy atom. The van der Waals surface area contributed by atoms with Crippen molar-refractivity contribution in [3.63, 3.8) is 0 Å². The molecular formula is C18H31N3. The summed E-state index contributed by atoms with van der Waals surface area (Å²) in [6.45, 7) is 3.26. The normalized spacial score (nSPS) is 17.2. The average Bonchev–Trinajstić information content (AvgIpc) is 2.41. The van der Waals surface area contributed by atoms with Crippen molar-refractivity contribution in [3.8, 4) is 0 Å². The molecule has 0 aromatic heterocycles. The average molecular weight is 289 g/mol. The second-order valence-corrected chi connectivity index (χ2v) is 6.77. The molecule has 0 amide bonds. The van der Waals surface area contributed by atoms with E-state index in [2.05, 4.69) is 60.5 Å². The van der Waals surface area contributed by atoms with Crippen LogP contribution in [0.3, 0.4) is 0 Å². The van der Waals surface area contributed by atoms with Crippen LogP contribution in [-0.2, 0) is 13.0 Å². The summed E-state index contributed by atoms with van der Waals surface area (Å²) in [5.74, 6) is 0. The lowest BCUT2D eigenvalue weighted by molar-refractivity contribution is 0.0258. The molecule has 1 aromatic rings. The van der Waals surface area contributed by atoms with Gasteiger partial charge >= 0.3 is 0 Å². The smallest absolute Gasteiger partial charge is 0.0330 e. The number of likely N-dealkylation sites (N-methyl/N-ethyl adjacent to an activating group) is 3. The molecule has 1 N–H and O–H groups in total. The van der Waals surface area contributed by atoms with Crippen molar-refractivity contribution < 1.29 is 0 Å². The quantitative estimate of drug-likeness (QED) is 0.792. The third-order valence-electron chi connectivity index (χ3n) is 5.00. The van der Waals surface area contributed by atoms with Crippen molar-refractivity contribution in [3.05, 3.63) is 35.4 Å². The summed E-state index contributed by atoms with van der Waals surface area (Å²) in [6, 6.07) is 8.87. The minimum Gasteiger partial charge on any atom is -0.319 e. The van der Waals surface area contributed by atoms with E-state index >= 15 is 0 Å². The zero-order valence-corrected chi connectivity index (χ0v) is 14.2. The lowest BCUT2D eigenvalue weighted by Crippen LogP contribution is -2.56. The monoisotopic (exact) mass is 289 g/mol. The second-order valence-electron chi connectivity index (χ2n) is 6.77. The van der Waals surface area contributed by atoms with Gasteiger partial charge in [0.15, 0.2) is 0 Å². The van der Waals surface area contributed by atoms with Gasteiger partial charge in [-0.1, -0.05) is 24.3 Å². The Bertz CT molecular complexity index is 438. The lowest BCUT2D eigenvalue weighted by atomic mass is 9.75. The van der Waals surface area contributed by atoms with Gasteiger partial charge in [-0.05, 0) is 71.5 Å². The van der Waals surface area contributed by atoms with Crippen molar-refractivity contribution in [1.82, 2.24) is 15.1 Å². The zero-order chi connectivity index (χ0) is 15.3. The van der Waals surface area contributed by atoms with Gasteiger partial charge in [0.2, 0.25) is 0 Å². The first-order valence-corrected chi connectivity index (χ1v) is 8.15. The number of benzene rings is 1.